The van der Waals surface area contributed by atoms with Crippen molar-refractivity contribution in [3.63, 3.8) is 0 Å². The quantitative estimate of drug-likeness (QED) is 0.776. The molecule has 1 saturated heterocycles. The summed E-state index contributed by atoms with van der Waals surface area (Å²) in [5.74, 6) is 0.651. The van der Waals surface area contributed by atoms with Gasteiger partial charge in [0.15, 0.2) is 0 Å². The molecule has 0 aromatic heterocycles. The first-order chi connectivity index (χ1) is 6.95. The van der Waals surface area contributed by atoms with E-state index in [0.29, 0.717) is 0 Å². The van der Waals surface area contributed by atoms with Crippen molar-refractivity contribution in [2.24, 2.45) is 5.92 Å². The van der Waals surface area contributed by atoms with Crippen LogP contribution in [0.25, 0.3) is 0 Å². The van der Waals surface area contributed by atoms with Crippen molar-refractivity contribution >= 4 is 5.91 Å². The summed E-state index contributed by atoms with van der Waals surface area (Å²) in [5.41, 5.74) is -1.21. The zero-order valence-electron chi connectivity index (χ0n) is 10.1. The zero-order chi connectivity index (χ0) is 11.5. The van der Waals surface area contributed by atoms with Crippen LogP contribution in [-0.2, 0) is 4.79 Å². The van der Waals surface area contributed by atoms with Crippen molar-refractivity contribution in [2.75, 3.05) is 13.1 Å². The second-order valence-electron chi connectivity index (χ2n) is 5.08. The van der Waals surface area contributed by atoms with E-state index in [1.54, 1.807) is 18.7 Å². The normalized spacial score (nSPS) is 19.3. The van der Waals surface area contributed by atoms with Gasteiger partial charge < -0.3 is 10.0 Å². The number of hydrogen-bond acceptors (Lipinski definition) is 2. The van der Waals surface area contributed by atoms with E-state index in [4.69, 9.17) is 0 Å². The summed E-state index contributed by atoms with van der Waals surface area (Å²) in [7, 11) is 0. The van der Waals surface area contributed by atoms with Gasteiger partial charge in [0, 0.05) is 13.1 Å². The fourth-order valence-corrected chi connectivity index (χ4v) is 2.22. The molecule has 0 aromatic carbocycles. The first-order valence-electron chi connectivity index (χ1n) is 5.97. The Labute approximate surface area is 92.5 Å². The van der Waals surface area contributed by atoms with Crippen molar-refractivity contribution in [3.8, 4) is 0 Å². The lowest BCUT2D eigenvalue weighted by Gasteiger charge is -2.35. The minimum atomic E-state index is -1.21. The zero-order valence-corrected chi connectivity index (χ0v) is 10.1. The number of nitrogens with zero attached hydrogens (tertiary/aromatic N) is 1. The molecule has 1 aliphatic rings. The Balaban J connectivity index is 2.41. The molecule has 1 heterocycles. The summed E-state index contributed by atoms with van der Waals surface area (Å²) in [6, 6.07) is 0. The number of carbonyl (C=O) groups excluding carboxylic acids is 1. The van der Waals surface area contributed by atoms with Crippen LogP contribution in [0.3, 0.4) is 0 Å². The van der Waals surface area contributed by atoms with Crippen LogP contribution in [0.2, 0.25) is 0 Å². The lowest BCUT2D eigenvalue weighted by Crippen LogP contribution is -2.48. The topological polar surface area (TPSA) is 40.5 Å². The highest BCUT2D eigenvalue weighted by atomic mass is 16.3. The van der Waals surface area contributed by atoms with Crippen molar-refractivity contribution in [1.29, 1.82) is 0 Å². The summed E-state index contributed by atoms with van der Waals surface area (Å²) in [6.07, 6.45) is 4.68. The highest BCUT2D eigenvalue weighted by Crippen LogP contribution is 2.23. The Morgan fingerprint density at radius 1 is 1.40 bits per heavy atom. The van der Waals surface area contributed by atoms with Crippen molar-refractivity contribution in [2.45, 2.75) is 52.1 Å². The van der Waals surface area contributed by atoms with Crippen molar-refractivity contribution < 1.29 is 9.90 Å². The molecule has 0 aliphatic carbocycles. The summed E-state index contributed by atoms with van der Waals surface area (Å²) in [5, 5.41) is 9.62. The molecule has 1 fully saturated rings. The Morgan fingerprint density at radius 3 is 2.33 bits per heavy atom. The maximum Gasteiger partial charge on any atom is 0.253 e. The van der Waals surface area contributed by atoms with Gasteiger partial charge in [-0.25, -0.2) is 0 Å². The van der Waals surface area contributed by atoms with Gasteiger partial charge in [0.2, 0.25) is 0 Å². The molecule has 1 rings (SSSR count). The van der Waals surface area contributed by atoms with Gasteiger partial charge in [-0.15, -0.1) is 0 Å². The highest BCUT2D eigenvalue weighted by molar-refractivity contribution is 5.84. The third kappa shape index (κ3) is 3.49. The molecule has 0 aromatic rings. The maximum absolute atomic E-state index is 11.8. The summed E-state index contributed by atoms with van der Waals surface area (Å²) in [6.45, 7) is 6.95. The largest absolute Gasteiger partial charge is 0.381 e. The van der Waals surface area contributed by atoms with E-state index >= 15 is 0 Å². The van der Waals surface area contributed by atoms with Gasteiger partial charge in [-0.3, -0.25) is 4.79 Å². The Kier molecular flexibility index (Phi) is 4.14. The number of likely N-dealkylation sites (tertiary alicyclic amines) is 1. The van der Waals surface area contributed by atoms with Crippen LogP contribution in [0.15, 0.2) is 0 Å². The number of amides is 1. The van der Waals surface area contributed by atoms with Crippen LogP contribution in [0.1, 0.15) is 46.5 Å². The van der Waals surface area contributed by atoms with Gasteiger partial charge in [0.1, 0.15) is 5.60 Å². The monoisotopic (exact) mass is 213 g/mol. The van der Waals surface area contributed by atoms with Gasteiger partial charge in [0.25, 0.3) is 5.91 Å². The minimum Gasteiger partial charge on any atom is -0.381 e. The summed E-state index contributed by atoms with van der Waals surface area (Å²) >= 11 is 0. The van der Waals surface area contributed by atoms with Crippen LogP contribution in [0.4, 0.5) is 0 Å². The van der Waals surface area contributed by atoms with Gasteiger partial charge in [-0.2, -0.15) is 0 Å². The third-order valence-corrected chi connectivity index (χ3v) is 3.12. The fraction of sp³-hybridized carbons (Fsp3) is 0.917. The average Bonchev–Trinajstić information content (AvgIpc) is 2.17. The first kappa shape index (κ1) is 12.5. The predicted octanol–water partition coefficient (Wildman–Crippen LogP) is 1.80. The Morgan fingerprint density at radius 2 is 1.93 bits per heavy atom. The molecule has 0 spiro atoms. The van der Waals surface area contributed by atoms with E-state index < -0.39 is 5.60 Å². The van der Waals surface area contributed by atoms with Gasteiger partial charge >= 0.3 is 0 Å². The number of piperidine rings is 1. The number of hydrogen-bond donors (Lipinski definition) is 1. The van der Waals surface area contributed by atoms with Crippen LogP contribution in [0, 0.1) is 5.92 Å². The molecular weight excluding hydrogens is 190 g/mol. The SMILES string of the molecule is CCCC1CCN(C(=O)C(C)(C)O)CC1. The number of aliphatic hydroxyl groups is 1. The van der Waals surface area contributed by atoms with E-state index in [-0.39, 0.29) is 5.91 Å². The van der Waals surface area contributed by atoms with Gasteiger partial charge in [0.05, 0.1) is 0 Å². The second kappa shape index (κ2) is 4.97. The number of rotatable bonds is 3. The minimum absolute atomic E-state index is 0.127. The van der Waals surface area contributed by atoms with Crippen LogP contribution in [-0.4, -0.2) is 34.6 Å². The van der Waals surface area contributed by atoms with E-state index in [9.17, 15) is 9.90 Å². The molecule has 0 saturated carbocycles. The Hall–Kier alpha value is -0.570. The van der Waals surface area contributed by atoms with Crippen molar-refractivity contribution in [1.82, 2.24) is 4.90 Å². The van der Waals surface area contributed by atoms with Gasteiger partial charge in [-0.05, 0) is 32.6 Å². The lowest BCUT2D eigenvalue weighted by molar-refractivity contribution is -0.149. The number of carbonyl (C=O) groups is 1. The van der Waals surface area contributed by atoms with Crippen molar-refractivity contribution in [3.05, 3.63) is 0 Å². The molecule has 1 N–H and O–H groups in total. The summed E-state index contributed by atoms with van der Waals surface area (Å²) in [4.78, 5) is 13.6. The van der Waals surface area contributed by atoms with Gasteiger partial charge in [-0.1, -0.05) is 19.8 Å². The van der Waals surface area contributed by atoms with Crippen LogP contribution >= 0.6 is 0 Å². The van der Waals surface area contributed by atoms with E-state index in [1.165, 1.54) is 12.8 Å². The summed E-state index contributed by atoms with van der Waals surface area (Å²) < 4.78 is 0. The predicted molar refractivity (Wildman–Crippen MR) is 60.5 cm³/mol. The third-order valence-electron chi connectivity index (χ3n) is 3.12. The van der Waals surface area contributed by atoms with Crippen LogP contribution < -0.4 is 0 Å². The van der Waals surface area contributed by atoms with E-state index in [2.05, 4.69) is 6.92 Å². The molecule has 1 amide bonds. The van der Waals surface area contributed by atoms with Crippen LogP contribution in [0.5, 0.6) is 0 Å². The molecule has 1 aliphatic heterocycles. The smallest absolute Gasteiger partial charge is 0.253 e. The molecule has 15 heavy (non-hydrogen) atoms. The fourth-order valence-electron chi connectivity index (χ4n) is 2.22. The highest BCUT2D eigenvalue weighted by Gasteiger charge is 2.31. The molecule has 0 unspecified atom stereocenters. The lowest BCUT2D eigenvalue weighted by atomic mass is 9.92. The van der Waals surface area contributed by atoms with E-state index in [0.717, 1.165) is 31.8 Å². The average molecular weight is 213 g/mol. The maximum atomic E-state index is 11.8. The second-order valence-corrected chi connectivity index (χ2v) is 5.08. The molecule has 0 radical (unpaired) electrons. The molecular formula is C12H23NO2. The standard InChI is InChI=1S/C12H23NO2/c1-4-5-10-6-8-13(9-7-10)11(14)12(2,3)15/h10,15H,4-9H2,1-3H3. The molecule has 0 bridgehead atoms. The first-order valence-corrected chi connectivity index (χ1v) is 5.97. The molecule has 3 nitrogen and oxygen atoms in total. The molecule has 0 atom stereocenters. The molecule has 3 heteroatoms. The van der Waals surface area contributed by atoms with E-state index in [1.807, 2.05) is 0 Å². The Bertz CT molecular complexity index is 212. The molecule has 88 valence electrons.